The van der Waals surface area contributed by atoms with Crippen LogP contribution in [0.4, 0.5) is 0 Å². The highest BCUT2D eigenvalue weighted by atomic mass is 16.5. The minimum absolute atomic E-state index is 0.473. The van der Waals surface area contributed by atoms with Crippen LogP contribution in [0.15, 0.2) is 34.9 Å². The highest BCUT2D eigenvalue weighted by Crippen LogP contribution is 2.19. The van der Waals surface area contributed by atoms with Gasteiger partial charge in [-0.15, -0.1) is 0 Å². The second-order valence-electron chi connectivity index (χ2n) is 5.05. The second kappa shape index (κ2) is 5.55. The molecule has 4 heteroatoms. The highest BCUT2D eigenvalue weighted by molar-refractivity contribution is 5.23. The van der Waals surface area contributed by atoms with E-state index in [4.69, 9.17) is 4.52 Å². The Hall–Kier alpha value is -1.65. The number of aliphatic hydroxyl groups is 1. The zero-order valence-electron chi connectivity index (χ0n) is 11.6. The van der Waals surface area contributed by atoms with E-state index in [1.54, 1.807) is 0 Å². The van der Waals surface area contributed by atoms with E-state index in [1.807, 2.05) is 51.1 Å². The molecule has 1 unspecified atom stereocenters. The van der Waals surface area contributed by atoms with Crippen LogP contribution in [0.5, 0.6) is 0 Å². The molecule has 1 aromatic heterocycles. The van der Waals surface area contributed by atoms with Gasteiger partial charge in [-0.1, -0.05) is 35.5 Å². The predicted molar refractivity (Wildman–Crippen MR) is 73.7 cm³/mol. The second-order valence-corrected chi connectivity index (χ2v) is 5.05. The van der Waals surface area contributed by atoms with Crippen molar-refractivity contribution >= 4 is 0 Å². The Morgan fingerprint density at radius 3 is 2.53 bits per heavy atom. The standard InChI is InChI=1S/C15H20N2O2/c1-11-14(12(2)19-17-11)9-16-10-15(3,18)13-7-5-4-6-8-13/h4-8,16,18H,9-10H2,1-3H3. The van der Waals surface area contributed by atoms with Crippen LogP contribution in [0, 0.1) is 13.8 Å². The summed E-state index contributed by atoms with van der Waals surface area (Å²) >= 11 is 0. The van der Waals surface area contributed by atoms with Gasteiger partial charge < -0.3 is 14.9 Å². The van der Waals surface area contributed by atoms with Crippen molar-refractivity contribution in [2.75, 3.05) is 6.54 Å². The molecule has 0 saturated heterocycles. The maximum Gasteiger partial charge on any atom is 0.138 e. The number of aryl methyl sites for hydroxylation is 2. The molecule has 0 bridgehead atoms. The molecule has 2 N–H and O–H groups in total. The van der Waals surface area contributed by atoms with Gasteiger partial charge in [-0.05, 0) is 26.3 Å². The summed E-state index contributed by atoms with van der Waals surface area (Å²) in [5.41, 5.74) is 1.97. The third kappa shape index (κ3) is 3.22. The lowest BCUT2D eigenvalue weighted by atomic mass is 9.96. The molecule has 1 heterocycles. The summed E-state index contributed by atoms with van der Waals surface area (Å²) in [6, 6.07) is 9.65. The first kappa shape index (κ1) is 13.8. The average Bonchev–Trinajstić information content (AvgIpc) is 2.71. The van der Waals surface area contributed by atoms with Crippen LogP contribution >= 0.6 is 0 Å². The van der Waals surface area contributed by atoms with E-state index in [0.29, 0.717) is 13.1 Å². The maximum absolute atomic E-state index is 10.5. The molecule has 0 aliphatic carbocycles. The number of hydrogen-bond acceptors (Lipinski definition) is 4. The van der Waals surface area contributed by atoms with Gasteiger partial charge >= 0.3 is 0 Å². The van der Waals surface area contributed by atoms with Crippen LogP contribution in [0.1, 0.15) is 29.5 Å². The van der Waals surface area contributed by atoms with Gasteiger partial charge in [-0.2, -0.15) is 0 Å². The molecule has 102 valence electrons. The first-order valence-corrected chi connectivity index (χ1v) is 6.41. The Morgan fingerprint density at radius 1 is 1.26 bits per heavy atom. The minimum atomic E-state index is -0.889. The number of aromatic nitrogens is 1. The van der Waals surface area contributed by atoms with E-state index in [-0.39, 0.29) is 0 Å². The third-order valence-corrected chi connectivity index (χ3v) is 3.35. The predicted octanol–water partition coefficient (Wildman–Crippen LogP) is 2.29. The molecule has 19 heavy (non-hydrogen) atoms. The summed E-state index contributed by atoms with van der Waals surface area (Å²) < 4.78 is 5.11. The van der Waals surface area contributed by atoms with Gasteiger partial charge in [0.15, 0.2) is 0 Å². The Morgan fingerprint density at radius 2 is 1.95 bits per heavy atom. The summed E-state index contributed by atoms with van der Waals surface area (Å²) in [5, 5.41) is 17.6. The molecular weight excluding hydrogens is 240 g/mol. The topological polar surface area (TPSA) is 58.3 Å². The Balaban J connectivity index is 1.96. The molecule has 1 atom stereocenters. The number of nitrogens with zero attached hydrogens (tertiary/aromatic N) is 1. The van der Waals surface area contributed by atoms with E-state index in [1.165, 1.54) is 0 Å². The minimum Gasteiger partial charge on any atom is -0.384 e. The lowest BCUT2D eigenvalue weighted by Gasteiger charge is -2.24. The molecule has 0 radical (unpaired) electrons. The van der Waals surface area contributed by atoms with Gasteiger partial charge in [0.25, 0.3) is 0 Å². The van der Waals surface area contributed by atoms with Gasteiger partial charge in [0.2, 0.25) is 0 Å². The average molecular weight is 260 g/mol. The largest absolute Gasteiger partial charge is 0.384 e. The molecule has 0 amide bonds. The molecule has 2 rings (SSSR count). The van der Waals surface area contributed by atoms with Crippen molar-refractivity contribution in [3.05, 3.63) is 52.9 Å². The molecule has 4 nitrogen and oxygen atoms in total. The van der Waals surface area contributed by atoms with Crippen molar-refractivity contribution in [3.8, 4) is 0 Å². The first-order chi connectivity index (χ1) is 9.00. The third-order valence-electron chi connectivity index (χ3n) is 3.35. The van der Waals surface area contributed by atoms with Crippen LogP contribution in [-0.4, -0.2) is 16.8 Å². The van der Waals surface area contributed by atoms with E-state index in [0.717, 1.165) is 22.6 Å². The van der Waals surface area contributed by atoms with Crippen LogP contribution < -0.4 is 5.32 Å². The monoisotopic (exact) mass is 260 g/mol. The van der Waals surface area contributed by atoms with Crippen LogP contribution in [-0.2, 0) is 12.1 Å². The van der Waals surface area contributed by atoms with E-state index >= 15 is 0 Å². The number of hydrogen-bond donors (Lipinski definition) is 2. The molecule has 0 fully saturated rings. The quantitative estimate of drug-likeness (QED) is 0.866. The smallest absolute Gasteiger partial charge is 0.138 e. The van der Waals surface area contributed by atoms with Crippen LogP contribution in [0.25, 0.3) is 0 Å². The molecule has 0 aliphatic rings. The Labute approximate surface area is 113 Å². The summed E-state index contributed by atoms with van der Waals surface area (Å²) in [7, 11) is 0. The van der Waals surface area contributed by atoms with Crippen molar-refractivity contribution in [3.63, 3.8) is 0 Å². The molecule has 0 aliphatic heterocycles. The number of rotatable bonds is 5. The van der Waals surface area contributed by atoms with Gasteiger partial charge in [-0.25, -0.2) is 0 Å². The molecule has 2 aromatic rings. The zero-order chi connectivity index (χ0) is 13.9. The SMILES string of the molecule is Cc1noc(C)c1CNCC(C)(O)c1ccccc1. The molecular formula is C15H20N2O2. The van der Waals surface area contributed by atoms with Crippen molar-refractivity contribution in [1.82, 2.24) is 10.5 Å². The molecule has 0 spiro atoms. The fourth-order valence-corrected chi connectivity index (χ4v) is 2.08. The normalized spacial score (nSPS) is 14.3. The summed E-state index contributed by atoms with van der Waals surface area (Å²) in [4.78, 5) is 0. The van der Waals surface area contributed by atoms with Crippen molar-refractivity contribution in [2.24, 2.45) is 0 Å². The summed E-state index contributed by atoms with van der Waals surface area (Å²) in [6.45, 7) is 6.74. The van der Waals surface area contributed by atoms with Crippen LogP contribution in [0.3, 0.4) is 0 Å². The van der Waals surface area contributed by atoms with Gasteiger partial charge in [-0.3, -0.25) is 0 Å². The lowest BCUT2D eigenvalue weighted by molar-refractivity contribution is 0.0566. The van der Waals surface area contributed by atoms with E-state index in [2.05, 4.69) is 10.5 Å². The molecule has 0 saturated carbocycles. The van der Waals surface area contributed by atoms with Crippen LogP contribution in [0.2, 0.25) is 0 Å². The summed E-state index contributed by atoms with van der Waals surface area (Å²) in [6.07, 6.45) is 0. The van der Waals surface area contributed by atoms with Gasteiger partial charge in [0.05, 0.1) is 11.3 Å². The molecule has 1 aromatic carbocycles. The van der Waals surface area contributed by atoms with E-state index in [9.17, 15) is 5.11 Å². The van der Waals surface area contributed by atoms with Crippen molar-refractivity contribution < 1.29 is 9.63 Å². The maximum atomic E-state index is 10.5. The Bertz CT molecular complexity index is 513. The fraction of sp³-hybridized carbons (Fsp3) is 0.400. The number of nitrogens with one attached hydrogen (secondary N) is 1. The van der Waals surface area contributed by atoms with Gasteiger partial charge in [0.1, 0.15) is 5.76 Å². The Kier molecular flexibility index (Phi) is 4.02. The zero-order valence-corrected chi connectivity index (χ0v) is 11.6. The van der Waals surface area contributed by atoms with Gasteiger partial charge in [0, 0.05) is 18.7 Å². The summed E-state index contributed by atoms with van der Waals surface area (Å²) in [5.74, 6) is 0.823. The fourth-order valence-electron chi connectivity index (χ4n) is 2.08. The first-order valence-electron chi connectivity index (χ1n) is 6.41. The highest BCUT2D eigenvalue weighted by Gasteiger charge is 2.22. The lowest BCUT2D eigenvalue weighted by Crippen LogP contribution is -2.35. The van der Waals surface area contributed by atoms with Crippen molar-refractivity contribution in [1.29, 1.82) is 0 Å². The van der Waals surface area contributed by atoms with Crippen molar-refractivity contribution in [2.45, 2.75) is 32.9 Å². The van der Waals surface area contributed by atoms with E-state index < -0.39 is 5.60 Å². The number of benzene rings is 1.